The third-order valence-electron chi connectivity index (χ3n) is 3.90. The summed E-state index contributed by atoms with van der Waals surface area (Å²) >= 11 is 0. The summed E-state index contributed by atoms with van der Waals surface area (Å²) < 4.78 is 13.0. The molecule has 1 aliphatic rings. The first kappa shape index (κ1) is 15.6. The quantitative estimate of drug-likeness (QED) is 0.819. The van der Waals surface area contributed by atoms with Gasteiger partial charge < -0.3 is 0 Å². The summed E-state index contributed by atoms with van der Waals surface area (Å²) in [6, 6.07) is 5.78. The molecule has 0 aromatic heterocycles. The molecule has 1 aliphatic heterocycles. The number of likely N-dealkylation sites (N-methyl/N-ethyl adjacent to an activating group) is 1. The minimum atomic E-state index is -0.477. The number of rotatable bonds is 6. The number of halogens is 1. The summed E-state index contributed by atoms with van der Waals surface area (Å²) in [7, 11) is 1.51. The van der Waals surface area contributed by atoms with Crippen molar-refractivity contribution in [1.82, 2.24) is 10.2 Å². The Hall–Kier alpha value is -1.75. The zero-order chi connectivity index (χ0) is 15.4. The maximum atomic E-state index is 13.0. The molecule has 1 N–H and O–H groups in total. The molecule has 1 saturated heterocycles. The van der Waals surface area contributed by atoms with Gasteiger partial charge in [-0.3, -0.25) is 19.8 Å². The number of likely N-dealkylation sites (tertiary alicyclic amines) is 1. The van der Waals surface area contributed by atoms with Gasteiger partial charge >= 0.3 is 0 Å². The highest BCUT2D eigenvalue weighted by molar-refractivity contribution is 6.05. The van der Waals surface area contributed by atoms with Crippen LogP contribution >= 0.6 is 0 Å². The van der Waals surface area contributed by atoms with Gasteiger partial charge in [-0.1, -0.05) is 31.9 Å². The molecule has 2 unspecified atom stereocenters. The number of unbranched alkanes of at least 4 members (excludes halogenated alkanes) is 1. The highest BCUT2D eigenvalue weighted by Crippen LogP contribution is 2.23. The van der Waals surface area contributed by atoms with E-state index in [1.165, 1.54) is 24.1 Å². The zero-order valence-corrected chi connectivity index (χ0v) is 12.4. The van der Waals surface area contributed by atoms with E-state index >= 15 is 0 Å². The number of carbonyl (C=O) groups excluding carboxylic acids is 2. The monoisotopic (exact) mass is 292 g/mol. The molecule has 1 aromatic rings. The van der Waals surface area contributed by atoms with Crippen LogP contribution in [0.15, 0.2) is 24.3 Å². The molecule has 21 heavy (non-hydrogen) atoms. The van der Waals surface area contributed by atoms with E-state index < -0.39 is 6.04 Å². The fourth-order valence-electron chi connectivity index (χ4n) is 2.58. The van der Waals surface area contributed by atoms with Crippen molar-refractivity contribution in [3.63, 3.8) is 0 Å². The van der Waals surface area contributed by atoms with Gasteiger partial charge in [0.25, 0.3) is 0 Å². The molecule has 0 radical (unpaired) electrons. The van der Waals surface area contributed by atoms with Crippen molar-refractivity contribution >= 4 is 11.8 Å². The number of imide groups is 1. The highest BCUT2D eigenvalue weighted by atomic mass is 19.1. The molecule has 5 heteroatoms. The van der Waals surface area contributed by atoms with E-state index in [1.807, 2.05) is 0 Å². The summed E-state index contributed by atoms with van der Waals surface area (Å²) in [4.78, 5) is 24.7. The number of nitrogens with zero attached hydrogens (tertiary/aromatic N) is 1. The molecule has 2 rings (SSSR count). The Morgan fingerprint density at radius 3 is 2.52 bits per heavy atom. The smallest absolute Gasteiger partial charge is 0.246 e. The second-order valence-corrected chi connectivity index (χ2v) is 5.46. The fraction of sp³-hybridized carbons (Fsp3) is 0.500. The molecular weight excluding hydrogens is 271 g/mol. The minimum Gasteiger partial charge on any atom is -0.298 e. The average molecular weight is 292 g/mol. The largest absolute Gasteiger partial charge is 0.298 e. The molecule has 114 valence electrons. The maximum Gasteiger partial charge on any atom is 0.246 e. The molecule has 0 spiro atoms. The second-order valence-electron chi connectivity index (χ2n) is 5.46. The van der Waals surface area contributed by atoms with Gasteiger partial charge in [0.15, 0.2) is 0 Å². The van der Waals surface area contributed by atoms with Gasteiger partial charge in [-0.15, -0.1) is 0 Å². The first-order valence-electron chi connectivity index (χ1n) is 7.34. The van der Waals surface area contributed by atoms with Crippen LogP contribution in [0.2, 0.25) is 0 Å². The normalized spacial score (nSPS) is 20.1. The Morgan fingerprint density at radius 2 is 2.00 bits per heavy atom. The van der Waals surface area contributed by atoms with Crippen LogP contribution in [0.1, 0.15) is 44.2 Å². The molecular formula is C16H21FN2O2. The third kappa shape index (κ3) is 3.67. The molecule has 2 atom stereocenters. The van der Waals surface area contributed by atoms with Crippen molar-refractivity contribution in [2.45, 2.75) is 44.7 Å². The summed E-state index contributed by atoms with van der Waals surface area (Å²) in [5, 5.41) is 3.26. The Balaban J connectivity index is 2.11. The van der Waals surface area contributed by atoms with Crippen molar-refractivity contribution in [2.24, 2.45) is 0 Å². The zero-order valence-electron chi connectivity index (χ0n) is 12.4. The van der Waals surface area contributed by atoms with E-state index in [2.05, 4.69) is 12.2 Å². The average Bonchev–Trinajstić information content (AvgIpc) is 2.72. The minimum absolute atomic E-state index is 0.0428. The van der Waals surface area contributed by atoms with Gasteiger partial charge in [-0.05, 0) is 24.1 Å². The van der Waals surface area contributed by atoms with Crippen LogP contribution in [0.3, 0.4) is 0 Å². The lowest BCUT2D eigenvalue weighted by Gasteiger charge is -2.22. The van der Waals surface area contributed by atoms with Crippen LogP contribution in [0.25, 0.3) is 0 Å². The Labute approximate surface area is 124 Å². The van der Waals surface area contributed by atoms with Gasteiger partial charge in [-0.2, -0.15) is 0 Å². The molecule has 1 aromatic carbocycles. The molecule has 1 fully saturated rings. The van der Waals surface area contributed by atoms with E-state index in [0.717, 1.165) is 24.8 Å². The van der Waals surface area contributed by atoms with Crippen molar-refractivity contribution in [2.75, 3.05) is 7.05 Å². The molecule has 0 bridgehead atoms. The molecule has 4 nitrogen and oxygen atoms in total. The van der Waals surface area contributed by atoms with E-state index in [-0.39, 0.29) is 30.1 Å². The summed E-state index contributed by atoms with van der Waals surface area (Å²) in [6.45, 7) is 2.10. The van der Waals surface area contributed by atoms with Gasteiger partial charge in [0.2, 0.25) is 11.8 Å². The number of carbonyl (C=O) groups is 2. The highest BCUT2D eigenvalue weighted by Gasteiger charge is 2.37. The van der Waals surface area contributed by atoms with Gasteiger partial charge in [-0.25, -0.2) is 4.39 Å². The molecule has 0 aliphatic carbocycles. The Bertz CT molecular complexity index is 516. The summed E-state index contributed by atoms with van der Waals surface area (Å²) in [5.74, 6) is -0.630. The lowest BCUT2D eigenvalue weighted by Crippen LogP contribution is -2.39. The second kappa shape index (κ2) is 6.80. The van der Waals surface area contributed by atoms with Crippen LogP contribution in [0.4, 0.5) is 4.39 Å². The number of benzene rings is 1. The van der Waals surface area contributed by atoms with E-state index in [1.54, 1.807) is 12.1 Å². The van der Waals surface area contributed by atoms with E-state index in [0.29, 0.717) is 0 Å². The maximum absolute atomic E-state index is 13.0. The van der Waals surface area contributed by atoms with Crippen molar-refractivity contribution in [1.29, 1.82) is 0 Å². The number of hydrogen-bond acceptors (Lipinski definition) is 3. The van der Waals surface area contributed by atoms with E-state index in [9.17, 15) is 14.0 Å². The van der Waals surface area contributed by atoms with Gasteiger partial charge in [0.05, 0.1) is 12.5 Å². The standard InChI is InChI=1S/C16H21FN2O2/c1-3-4-5-13(11-6-8-12(17)9-7-11)18-14-10-15(20)19(2)16(14)21/h6-9,13-14,18H,3-5,10H2,1-2H3. The van der Waals surface area contributed by atoms with Crippen molar-refractivity contribution < 1.29 is 14.0 Å². The Morgan fingerprint density at radius 1 is 1.33 bits per heavy atom. The fourth-order valence-corrected chi connectivity index (χ4v) is 2.58. The van der Waals surface area contributed by atoms with Crippen molar-refractivity contribution in [3.8, 4) is 0 Å². The molecule has 1 heterocycles. The van der Waals surface area contributed by atoms with Gasteiger partial charge in [0.1, 0.15) is 5.82 Å². The Kier molecular flexibility index (Phi) is 5.07. The van der Waals surface area contributed by atoms with Crippen LogP contribution in [-0.4, -0.2) is 29.8 Å². The lowest BCUT2D eigenvalue weighted by molar-refractivity contribution is -0.137. The SMILES string of the molecule is CCCCC(NC1CC(=O)N(C)C1=O)c1ccc(F)cc1. The summed E-state index contributed by atoms with van der Waals surface area (Å²) in [6.07, 6.45) is 3.08. The van der Waals surface area contributed by atoms with Crippen LogP contribution in [0.5, 0.6) is 0 Å². The third-order valence-corrected chi connectivity index (χ3v) is 3.90. The van der Waals surface area contributed by atoms with E-state index in [4.69, 9.17) is 0 Å². The first-order valence-corrected chi connectivity index (χ1v) is 7.34. The summed E-state index contributed by atoms with van der Waals surface area (Å²) in [5.41, 5.74) is 0.944. The lowest BCUT2D eigenvalue weighted by atomic mass is 9.99. The number of nitrogens with one attached hydrogen (secondary N) is 1. The first-order chi connectivity index (χ1) is 10.0. The van der Waals surface area contributed by atoms with Crippen LogP contribution in [0, 0.1) is 5.82 Å². The number of amides is 2. The predicted molar refractivity (Wildman–Crippen MR) is 78.0 cm³/mol. The van der Waals surface area contributed by atoms with Crippen LogP contribution < -0.4 is 5.32 Å². The molecule has 0 saturated carbocycles. The van der Waals surface area contributed by atoms with Crippen molar-refractivity contribution in [3.05, 3.63) is 35.6 Å². The molecule has 2 amide bonds. The number of hydrogen-bond donors (Lipinski definition) is 1. The topological polar surface area (TPSA) is 49.4 Å². The van der Waals surface area contributed by atoms with Crippen LogP contribution in [-0.2, 0) is 9.59 Å². The van der Waals surface area contributed by atoms with Gasteiger partial charge in [0, 0.05) is 13.1 Å². The predicted octanol–water partition coefficient (Wildman–Crippen LogP) is 2.40.